The van der Waals surface area contributed by atoms with Gasteiger partial charge < -0.3 is 15.3 Å². The Morgan fingerprint density at radius 1 is 1.29 bits per heavy atom. The van der Waals surface area contributed by atoms with Crippen LogP contribution in [0.1, 0.15) is 19.4 Å². The topological polar surface area (TPSA) is 104 Å². The second-order valence-corrected chi connectivity index (χ2v) is 8.62. The summed E-state index contributed by atoms with van der Waals surface area (Å²) in [6.45, 7) is 3.13. The lowest BCUT2D eigenvalue weighted by Gasteiger charge is -2.43. The third kappa shape index (κ3) is 2.41. The monoisotopic (exact) mass is 350 g/mol. The molecule has 3 rings (SSSR count). The second-order valence-electron chi connectivity index (χ2n) is 6.49. The van der Waals surface area contributed by atoms with Gasteiger partial charge in [-0.15, -0.1) is 0 Å². The number of carboxylic acid groups (broad SMARTS) is 1. The fourth-order valence-electron chi connectivity index (χ4n) is 3.30. The summed E-state index contributed by atoms with van der Waals surface area (Å²) in [7, 11) is -1.58. The fourth-order valence-corrected chi connectivity index (χ4v) is 5.22. The number of nitrogens with zero attached hydrogens (tertiary/aromatic N) is 1. The molecule has 2 N–H and O–H groups in total. The maximum absolute atomic E-state index is 12.6. The van der Waals surface area contributed by atoms with Crippen LogP contribution >= 0.6 is 0 Å². The number of benzene rings is 1. The standard InChI is InChI=1S/C16H18N2O5S/c1-16(2)12(15(21)22)18-13(20)11(14(18)24(16)23)17-10(19)8-9-6-4-3-5-7-9/h3-7,11-12,14H,8H2,1-2H3,(H,17,19)(H,21,22)/t11-,12-,14+,24?/m0/s1. The Morgan fingerprint density at radius 3 is 2.50 bits per heavy atom. The van der Waals surface area contributed by atoms with E-state index < -0.39 is 44.9 Å². The van der Waals surface area contributed by atoms with Crippen LogP contribution in [0.15, 0.2) is 30.3 Å². The molecule has 1 aromatic carbocycles. The number of rotatable bonds is 4. The molecule has 7 nitrogen and oxygen atoms in total. The zero-order chi connectivity index (χ0) is 17.6. The van der Waals surface area contributed by atoms with Crippen molar-refractivity contribution >= 4 is 28.6 Å². The molecule has 2 aliphatic heterocycles. The Hall–Kier alpha value is -2.22. The minimum Gasteiger partial charge on any atom is -0.480 e. The van der Waals surface area contributed by atoms with E-state index in [4.69, 9.17) is 0 Å². The summed E-state index contributed by atoms with van der Waals surface area (Å²) in [5, 5.41) is 11.2. The van der Waals surface area contributed by atoms with Crippen LogP contribution in [-0.4, -0.2) is 54.2 Å². The predicted molar refractivity (Wildman–Crippen MR) is 86.4 cm³/mol. The first-order chi connectivity index (χ1) is 11.2. The van der Waals surface area contributed by atoms with E-state index >= 15 is 0 Å². The largest absolute Gasteiger partial charge is 0.480 e. The van der Waals surface area contributed by atoms with Gasteiger partial charge in [0.2, 0.25) is 11.8 Å². The Kier molecular flexibility index (Phi) is 3.95. The Labute approximate surface area is 141 Å². The first kappa shape index (κ1) is 16.6. The summed E-state index contributed by atoms with van der Waals surface area (Å²) >= 11 is 0. The zero-order valence-corrected chi connectivity index (χ0v) is 14.1. The van der Waals surface area contributed by atoms with Crippen LogP contribution in [0.3, 0.4) is 0 Å². The van der Waals surface area contributed by atoms with E-state index in [2.05, 4.69) is 5.32 Å². The van der Waals surface area contributed by atoms with Gasteiger partial charge in [0.1, 0.15) is 17.5 Å². The van der Waals surface area contributed by atoms with Crippen LogP contribution in [0.25, 0.3) is 0 Å². The highest BCUT2D eigenvalue weighted by Gasteiger charge is 2.68. The van der Waals surface area contributed by atoms with Crippen molar-refractivity contribution in [3.05, 3.63) is 35.9 Å². The molecule has 0 bridgehead atoms. The van der Waals surface area contributed by atoms with Gasteiger partial charge in [-0.25, -0.2) is 4.79 Å². The number of β-lactam (4-membered cyclic amide) rings is 1. The van der Waals surface area contributed by atoms with Crippen LogP contribution in [-0.2, 0) is 31.6 Å². The van der Waals surface area contributed by atoms with Crippen molar-refractivity contribution in [2.24, 2.45) is 0 Å². The van der Waals surface area contributed by atoms with Gasteiger partial charge in [0.15, 0.2) is 0 Å². The molecule has 4 atom stereocenters. The number of carboxylic acids is 1. The number of nitrogens with one attached hydrogen (secondary N) is 1. The molecule has 2 amide bonds. The summed E-state index contributed by atoms with van der Waals surface area (Å²) in [4.78, 5) is 37.0. The van der Waals surface area contributed by atoms with Crippen molar-refractivity contribution in [2.75, 3.05) is 0 Å². The van der Waals surface area contributed by atoms with E-state index in [0.717, 1.165) is 10.5 Å². The van der Waals surface area contributed by atoms with Crippen molar-refractivity contribution in [3.63, 3.8) is 0 Å². The molecule has 2 heterocycles. The highest BCUT2D eigenvalue weighted by atomic mass is 32.2. The van der Waals surface area contributed by atoms with Gasteiger partial charge in [-0.2, -0.15) is 0 Å². The van der Waals surface area contributed by atoms with Crippen LogP contribution in [0.2, 0.25) is 0 Å². The first-order valence-electron chi connectivity index (χ1n) is 7.54. The quantitative estimate of drug-likeness (QED) is 0.737. The van der Waals surface area contributed by atoms with Crippen LogP contribution < -0.4 is 5.32 Å². The number of hydrogen-bond acceptors (Lipinski definition) is 4. The molecule has 2 saturated heterocycles. The van der Waals surface area contributed by atoms with Crippen molar-refractivity contribution in [2.45, 2.75) is 42.5 Å². The third-order valence-electron chi connectivity index (χ3n) is 4.51. The SMILES string of the molecule is CC1(C)[C@H](C(=O)O)N2C(=O)[C@H](NC(=O)Cc3ccccc3)[C@H]2S1=O. The molecule has 0 saturated carbocycles. The highest BCUT2D eigenvalue weighted by molar-refractivity contribution is 7.87. The molecule has 1 aromatic rings. The fraction of sp³-hybridized carbons (Fsp3) is 0.438. The van der Waals surface area contributed by atoms with Crippen LogP contribution in [0, 0.1) is 0 Å². The third-order valence-corrected chi connectivity index (χ3v) is 6.71. The van der Waals surface area contributed by atoms with Crippen molar-refractivity contribution in [3.8, 4) is 0 Å². The number of carbonyl (C=O) groups excluding carboxylic acids is 2. The van der Waals surface area contributed by atoms with Crippen molar-refractivity contribution in [1.82, 2.24) is 10.2 Å². The van der Waals surface area contributed by atoms with Gasteiger partial charge in [-0.3, -0.25) is 13.8 Å². The molecule has 8 heteroatoms. The van der Waals surface area contributed by atoms with E-state index in [1.807, 2.05) is 18.2 Å². The maximum Gasteiger partial charge on any atom is 0.328 e. The summed E-state index contributed by atoms with van der Waals surface area (Å²) in [6, 6.07) is 6.99. The molecule has 0 aromatic heterocycles. The Balaban J connectivity index is 1.74. The van der Waals surface area contributed by atoms with E-state index in [9.17, 15) is 23.7 Å². The molecule has 2 fully saturated rings. The Morgan fingerprint density at radius 2 is 1.92 bits per heavy atom. The number of aliphatic carboxylic acids is 1. The van der Waals surface area contributed by atoms with Crippen LogP contribution in [0.4, 0.5) is 0 Å². The predicted octanol–water partition coefficient (Wildman–Crippen LogP) is -0.124. The van der Waals surface area contributed by atoms with E-state index in [0.29, 0.717) is 0 Å². The minimum absolute atomic E-state index is 0.107. The van der Waals surface area contributed by atoms with Gasteiger partial charge in [0, 0.05) is 0 Å². The number of fused-ring (bicyclic) bond motifs is 1. The summed E-state index contributed by atoms with van der Waals surface area (Å²) < 4.78 is 11.5. The van der Waals surface area contributed by atoms with E-state index in [-0.39, 0.29) is 12.3 Å². The number of hydrogen-bond donors (Lipinski definition) is 2. The molecular weight excluding hydrogens is 332 g/mol. The van der Waals surface area contributed by atoms with Gasteiger partial charge in [0.25, 0.3) is 0 Å². The average Bonchev–Trinajstić information content (AvgIpc) is 2.71. The lowest BCUT2D eigenvalue weighted by molar-refractivity contribution is -0.161. The highest BCUT2D eigenvalue weighted by Crippen LogP contribution is 2.43. The average molecular weight is 350 g/mol. The van der Waals surface area contributed by atoms with Gasteiger partial charge >= 0.3 is 5.97 Å². The molecule has 2 aliphatic rings. The number of amides is 2. The second kappa shape index (κ2) is 5.70. The normalized spacial score (nSPS) is 30.4. The number of carbonyl (C=O) groups is 3. The molecule has 128 valence electrons. The smallest absolute Gasteiger partial charge is 0.328 e. The van der Waals surface area contributed by atoms with Crippen LogP contribution in [0.5, 0.6) is 0 Å². The first-order valence-corrected chi connectivity index (χ1v) is 8.75. The lowest BCUT2D eigenvalue weighted by Crippen LogP contribution is -2.71. The zero-order valence-electron chi connectivity index (χ0n) is 13.3. The summed E-state index contributed by atoms with van der Waals surface area (Å²) in [5.74, 6) is -2.03. The molecular formula is C16H18N2O5S. The summed E-state index contributed by atoms with van der Waals surface area (Å²) in [5.41, 5.74) is 0.801. The lowest BCUT2D eigenvalue weighted by atomic mass is 9.96. The van der Waals surface area contributed by atoms with Gasteiger partial charge in [-0.05, 0) is 19.4 Å². The molecule has 1 unspecified atom stereocenters. The Bertz CT molecular complexity index is 733. The molecule has 0 aliphatic carbocycles. The molecule has 0 radical (unpaired) electrons. The maximum atomic E-state index is 12.6. The minimum atomic E-state index is -1.58. The molecule has 24 heavy (non-hydrogen) atoms. The van der Waals surface area contributed by atoms with Crippen molar-refractivity contribution in [1.29, 1.82) is 0 Å². The molecule has 0 spiro atoms. The van der Waals surface area contributed by atoms with Crippen molar-refractivity contribution < 1.29 is 23.7 Å². The van der Waals surface area contributed by atoms with Gasteiger partial charge in [0.05, 0.1) is 22.0 Å². The van der Waals surface area contributed by atoms with Gasteiger partial charge in [-0.1, -0.05) is 30.3 Å². The summed E-state index contributed by atoms with van der Waals surface area (Å²) in [6.07, 6.45) is 0.107. The van der Waals surface area contributed by atoms with E-state index in [1.54, 1.807) is 26.0 Å². The van der Waals surface area contributed by atoms with E-state index in [1.165, 1.54) is 0 Å².